The van der Waals surface area contributed by atoms with E-state index in [1.54, 1.807) is 71.0 Å². The van der Waals surface area contributed by atoms with Gasteiger partial charge in [0, 0.05) is 17.7 Å². The Morgan fingerprint density at radius 2 is 1.67 bits per heavy atom. The molecule has 0 fully saturated rings. The quantitative estimate of drug-likeness (QED) is 0.121. The van der Waals surface area contributed by atoms with Gasteiger partial charge in [0.15, 0.2) is 5.78 Å². The summed E-state index contributed by atoms with van der Waals surface area (Å²) < 4.78 is 5.41. The number of hydrogen-bond donors (Lipinski definition) is 1. The molecule has 174 valence electrons. The molecule has 0 aliphatic carbocycles. The minimum absolute atomic E-state index is 0.176. The van der Waals surface area contributed by atoms with Crippen molar-refractivity contribution in [3.63, 3.8) is 0 Å². The summed E-state index contributed by atoms with van der Waals surface area (Å²) in [7, 11) is 0. The van der Waals surface area contributed by atoms with Gasteiger partial charge in [-0.05, 0) is 38.3 Å². The highest BCUT2D eigenvalue weighted by Gasteiger charge is 2.31. The maximum Gasteiger partial charge on any atom is 0.329 e. The molecule has 0 spiro atoms. The minimum Gasteiger partial charge on any atom is -0.458 e. The van der Waals surface area contributed by atoms with Crippen LogP contribution in [-0.4, -0.2) is 34.2 Å². The zero-order chi connectivity index (χ0) is 24.8. The fourth-order valence-corrected chi connectivity index (χ4v) is 2.96. The zero-order valence-electron chi connectivity index (χ0n) is 19.3. The first-order valence-electron chi connectivity index (χ1n) is 10.5. The van der Waals surface area contributed by atoms with E-state index in [0.29, 0.717) is 5.56 Å². The number of ether oxygens (including phenoxy) is 1. The predicted molar refractivity (Wildman–Crippen MR) is 124 cm³/mol. The molecule has 0 aliphatic rings. The van der Waals surface area contributed by atoms with E-state index in [1.165, 1.54) is 24.3 Å². The van der Waals surface area contributed by atoms with Gasteiger partial charge >= 0.3 is 5.97 Å². The van der Waals surface area contributed by atoms with E-state index in [0.717, 1.165) is 0 Å². The van der Waals surface area contributed by atoms with E-state index < -0.39 is 34.2 Å². The van der Waals surface area contributed by atoms with Crippen LogP contribution in [0.1, 0.15) is 50.5 Å². The second-order valence-corrected chi connectivity index (χ2v) is 8.83. The zero-order valence-corrected chi connectivity index (χ0v) is 19.3. The van der Waals surface area contributed by atoms with Crippen molar-refractivity contribution in [2.75, 3.05) is 0 Å². The van der Waals surface area contributed by atoms with E-state index in [-0.39, 0.29) is 22.7 Å². The van der Waals surface area contributed by atoms with Crippen LogP contribution in [0.5, 0.6) is 0 Å². The lowest BCUT2D eigenvalue weighted by Crippen LogP contribution is -2.48. The molecule has 8 nitrogen and oxygen atoms in total. The number of non-ortho nitro benzene ring substituents is 1. The maximum atomic E-state index is 13.2. The second kappa shape index (κ2) is 10.7. The van der Waals surface area contributed by atoms with Crippen LogP contribution in [0.15, 0.2) is 60.2 Å². The molecular formula is C25H28N2O6. The lowest BCUT2D eigenvalue weighted by molar-refractivity contribution is -0.384. The van der Waals surface area contributed by atoms with Gasteiger partial charge in [0.05, 0.1) is 10.5 Å². The summed E-state index contributed by atoms with van der Waals surface area (Å²) in [6, 6.07) is 12.8. The van der Waals surface area contributed by atoms with Crippen molar-refractivity contribution in [1.82, 2.24) is 5.32 Å². The van der Waals surface area contributed by atoms with Crippen LogP contribution in [0.4, 0.5) is 5.69 Å². The van der Waals surface area contributed by atoms with Crippen molar-refractivity contribution in [1.29, 1.82) is 0 Å². The van der Waals surface area contributed by atoms with E-state index >= 15 is 0 Å². The summed E-state index contributed by atoms with van der Waals surface area (Å²) in [5, 5.41) is 13.7. The number of carbonyl (C=O) groups excluding carboxylic acids is 3. The van der Waals surface area contributed by atoms with Gasteiger partial charge in [0.1, 0.15) is 11.6 Å². The Hall–Kier alpha value is -3.81. The highest BCUT2D eigenvalue weighted by atomic mass is 16.6. The summed E-state index contributed by atoms with van der Waals surface area (Å²) in [5.74, 6) is -2.28. The van der Waals surface area contributed by atoms with Crippen LogP contribution in [-0.2, 0) is 14.3 Å². The molecule has 0 aromatic heterocycles. The molecule has 0 saturated heterocycles. The number of ketones is 1. The van der Waals surface area contributed by atoms with Gasteiger partial charge in [0.2, 0.25) is 0 Å². The summed E-state index contributed by atoms with van der Waals surface area (Å²) in [4.78, 5) is 49.6. The van der Waals surface area contributed by atoms with E-state index in [2.05, 4.69) is 5.32 Å². The average Bonchev–Trinajstić information content (AvgIpc) is 2.74. The second-order valence-electron chi connectivity index (χ2n) is 8.83. The smallest absolute Gasteiger partial charge is 0.329 e. The Kier molecular flexibility index (Phi) is 8.23. The molecule has 2 aromatic carbocycles. The molecular weight excluding hydrogens is 424 g/mol. The Labute approximate surface area is 192 Å². The molecule has 0 radical (unpaired) electrons. The molecule has 1 atom stereocenters. The molecule has 0 saturated carbocycles. The molecule has 0 bridgehead atoms. The number of nitro benzene ring substituents is 1. The molecule has 1 amide bonds. The Morgan fingerprint density at radius 1 is 1.03 bits per heavy atom. The number of nitrogens with zero attached hydrogens (tertiary/aromatic N) is 1. The number of amides is 1. The van der Waals surface area contributed by atoms with Gasteiger partial charge in [-0.15, -0.1) is 0 Å². The first kappa shape index (κ1) is 25.5. The van der Waals surface area contributed by atoms with Gasteiger partial charge in [-0.1, -0.05) is 56.3 Å². The molecule has 8 heteroatoms. The third-order valence-corrected chi connectivity index (χ3v) is 4.53. The van der Waals surface area contributed by atoms with Crippen molar-refractivity contribution in [3.8, 4) is 0 Å². The van der Waals surface area contributed by atoms with E-state index in [9.17, 15) is 24.5 Å². The fourth-order valence-electron chi connectivity index (χ4n) is 2.96. The van der Waals surface area contributed by atoms with Gasteiger partial charge < -0.3 is 10.1 Å². The highest BCUT2D eigenvalue weighted by Crippen LogP contribution is 2.19. The monoisotopic (exact) mass is 452 g/mol. The number of Topliss-reactive ketones (excluding diaryl/α,β-unsaturated/α-hetero) is 1. The molecule has 1 unspecified atom stereocenters. The van der Waals surface area contributed by atoms with E-state index in [4.69, 9.17) is 4.74 Å². The van der Waals surface area contributed by atoms with Crippen molar-refractivity contribution < 1.29 is 24.0 Å². The standard InChI is InChI=1S/C25H28N2O6/c1-16(2)21(24(30)33-25(3,4)5)26-23(29)20(22(28)18-11-7-6-8-12-18)15-17-10-9-13-19(14-17)27(31)32/h6-16,21H,1-5H3,(H,26,29). The average molecular weight is 453 g/mol. The summed E-state index contributed by atoms with van der Waals surface area (Å²) in [5.41, 5.74) is -0.615. The van der Waals surface area contributed by atoms with Crippen molar-refractivity contribution in [3.05, 3.63) is 81.4 Å². The normalized spacial score (nSPS) is 12.7. The molecule has 33 heavy (non-hydrogen) atoms. The van der Waals surface area contributed by atoms with E-state index in [1.807, 2.05) is 0 Å². The Balaban J connectivity index is 2.47. The Morgan fingerprint density at radius 3 is 2.21 bits per heavy atom. The SMILES string of the molecule is CC(C)C(NC(=O)C(=Cc1cccc([N+](=O)[O-])c1)C(=O)c1ccccc1)C(=O)OC(C)(C)C. The van der Waals surface area contributed by atoms with Crippen molar-refractivity contribution in [2.24, 2.45) is 5.92 Å². The molecule has 0 aliphatic heterocycles. The third-order valence-electron chi connectivity index (χ3n) is 4.53. The summed E-state index contributed by atoms with van der Waals surface area (Å²) in [6.45, 7) is 8.65. The van der Waals surface area contributed by atoms with Crippen LogP contribution < -0.4 is 5.32 Å². The van der Waals surface area contributed by atoms with Crippen LogP contribution in [0.25, 0.3) is 6.08 Å². The minimum atomic E-state index is -0.992. The van der Waals surface area contributed by atoms with Crippen LogP contribution in [0.2, 0.25) is 0 Å². The summed E-state index contributed by atoms with van der Waals surface area (Å²) >= 11 is 0. The first-order chi connectivity index (χ1) is 15.4. The number of hydrogen-bond acceptors (Lipinski definition) is 6. The summed E-state index contributed by atoms with van der Waals surface area (Å²) in [6.07, 6.45) is 1.28. The number of benzene rings is 2. The van der Waals surface area contributed by atoms with Crippen LogP contribution >= 0.6 is 0 Å². The third kappa shape index (κ3) is 7.38. The Bertz CT molecular complexity index is 1070. The first-order valence-corrected chi connectivity index (χ1v) is 10.5. The maximum absolute atomic E-state index is 13.2. The van der Waals surface area contributed by atoms with Crippen molar-refractivity contribution in [2.45, 2.75) is 46.3 Å². The van der Waals surface area contributed by atoms with Gasteiger partial charge in [-0.2, -0.15) is 0 Å². The van der Waals surface area contributed by atoms with Crippen LogP contribution in [0.3, 0.4) is 0 Å². The van der Waals surface area contributed by atoms with Crippen LogP contribution in [0, 0.1) is 16.0 Å². The molecule has 2 rings (SSSR count). The molecule has 2 aromatic rings. The lowest BCUT2D eigenvalue weighted by atomic mass is 9.98. The molecule has 1 N–H and O–H groups in total. The number of carbonyl (C=O) groups is 3. The number of esters is 1. The number of nitrogens with one attached hydrogen (secondary N) is 1. The number of rotatable bonds is 8. The predicted octanol–water partition coefficient (Wildman–Crippen LogP) is 4.34. The van der Waals surface area contributed by atoms with Gasteiger partial charge in [-0.25, -0.2) is 4.79 Å². The highest BCUT2D eigenvalue weighted by molar-refractivity contribution is 6.28. The molecule has 0 heterocycles. The lowest BCUT2D eigenvalue weighted by Gasteiger charge is -2.26. The largest absolute Gasteiger partial charge is 0.458 e. The van der Waals surface area contributed by atoms with Crippen molar-refractivity contribution >= 4 is 29.4 Å². The number of nitro groups is 1. The van der Waals surface area contributed by atoms with Gasteiger partial charge in [0.25, 0.3) is 11.6 Å². The topological polar surface area (TPSA) is 116 Å². The van der Waals surface area contributed by atoms with Gasteiger partial charge in [-0.3, -0.25) is 19.7 Å². The fraction of sp³-hybridized carbons (Fsp3) is 0.320.